The Balaban J connectivity index is 0.852. The number of piperidine rings is 2. The van der Waals surface area contributed by atoms with Crippen molar-refractivity contribution in [3.8, 4) is 22.6 Å². The standard InChI is InChI=1S/C43H51N7O8/c1-44-43(56)49-15-11-29-32(22-46(2)40(53)33(29)24-49)26-18-36(57-3)34(37(19-26)58-4)23-47-13-9-25(10-14-47)6-5-12-48-20-27-16-30-31(17-28(27)21-48)42(55)50(41(30)54)35-7-8-38(51)45-39(35)52/h16-19,22,25,35H,5-15,20-21,23-24H2,1-4H3,(H,44,56)(H,45,51,52)/t35-/m1/s1. The summed E-state index contributed by atoms with van der Waals surface area (Å²) in [6, 6.07) is 6.56. The number of methoxy groups -OCH3 is 2. The van der Waals surface area contributed by atoms with E-state index < -0.39 is 23.8 Å². The number of nitrogens with one attached hydrogen (secondary N) is 2. The van der Waals surface area contributed by atoms with E-state index in [1.807, 2.05) is 30.5 Å². The number of pyridine rings is 1. The van der Waals surface area contributed by atoms with E-state index in [4.69, 9.17) is 9.47 Å². The van der Waals surface area contributed by atoms with E-state index in [9.17, 15) is 28.8 Å². The quantitative estimate of drug-likeness (QED) is 0.292. The number of imide groups is 2. The molecule has 0 bridgehead atoms. The Labute approximate surface area is 337 Å². The van der Waals surface area contributed by atoms with Crippen LogP contribution >= 0.6 is 0 Å². The van der Waals surface area contributed by atoms with Crippen molar-refractivity contribution in [1.29, 1.82) is 0 Å². The van der Waals surface area contributed by atoms with E-state index in [0.29, 0.717) is 55.2 Å². The van der Waals surface area contributed by atoms with Gasteiger partial charge < -0.3 is 24.3 Å². The maximum absolute atomic E-state index is 13.3. The number of carbonyl (C=O) groups is 5. The predicted octanol–water partition coefficient (Wildman–Crippen LogP) is 3.18. The van der Waals surface area contributed by atoms with Crippen molar-refractivity contribution in [1.82, 2.24) is 34.8 Å². The third kappa shape index (κ3) is 7.25. The number of urea groups is 1. The number of amides is 6. The summed E-state index contributed by atoms with van der Waals surface area (Å²) in [5.41, 5.74) is 7.07. The Morgan fingerprint density at radius 1 is 0.810 bits per heavy atom. The molecule has 306 valence electrons. The Hall–Kier alpha value is -5.54. The molecule has 5 aliphatic rings. The molecule has 0 radical (unpaired) electrons. The second-order valence-corrected chi connectivity index (χ2v) is 16.2. The summed E-state index contributed by atoms with van der Waals surface area (Å²) in [5, 5.41) is 4.92. The van der Waals surface area contributed by atoms with Crippen LogP contribution in [0.5, 0.6) is 11.5 Å². The van der Waals surface area contributed by atoms with Crippen LogP contribution in [0, 0.1) is 5.92 Å². The number of aromatic nitrogens is 1. The number of hydrogen-bond donors (Lipinski definition) is 2. The van der Waals surface area contributed by atoms with Crippen LogP contribution < -0.4 is 25.7 Å². The summed E-state index contributed by atoms with van der Waals surface area (Å²) in [5.74, 6) is 0.181. The summed E-state index contributed by atoms with van der Waals surface area (Å²) in [7, 11) is 6.69. The molecule has 2 N–H and O–H groups in total. The first-order valence-electron chi connectivity index (χ1n) is 20.2. The van der Waals surface area contributed by atoms with E-state index in [2.05, 4.69) is 20.4 Å². The lowest BCUT2D eigenvalue weighted by Crippen LogP contribution is -2.54. The van der Waals surface area contributed by atoms with Crippen LogP contribution in [0.1, 0.15) is 87.1 Å². The lowest BCUT2D eigenvalue weighted by molar-refractivity contribution is -0.136. The van der Waals surface area contributed by atoms with Crippen molar-refractivity contribution < 1.29 is 33.4 Å². The van der Waals surface area contributed by atoms with Gasteiger partial charge in [0.2, 0.25) is 11.8 Å². The minimum atomic E-state index is -0.960. The summed E-state index contributed by atoms with van der Waals surface area (Å²) in [6.07, 6.45) is 7.06. The van der Waals surface area contributed by atoms with Crippen molar-refractivity contribution in [3.05, 3.63) is 79.8 Å². The highest BCUT2D eigenvalue weighted by Crippen LogP contribution is 2.39. The Bertz CT molecular complexity index is 2190. The van der Waals surface area contributed by atoms with Gasteiger partial charge in [0.25, 0.3) is 17.4 Å². The summed E-state index contributed by atoms with van der Waals surface area (Å²) in [6.45, 7) is 5.75. The number of likely N-dealkylation sites (tertiary alicyclic amines) is 1. The SMILES string of the molecule is CNC(=O)N1CCc2c(-c3cc(OC)c(CN4CCC(CCCN5Cc6cc7c(cc6C5)C(=O)N([C@@H]5CCC(=O)NC5=O)C7=O)CC4)c(OC)c3)cn(C)c(=O)c2C1. The van der Waals surface area contributed by atoms with Gasteiger partial charge in [0, 0.05) is 64.0 Å². The molecule has 15 heteroatoms. The highest BCUT2D eigenvalue weighted by Gasteiger charge is 2.45. The molecule has 1 atom stereocenters. The van der Waals surface area contributed by atoms with Gasteiger partial charge in [-0.05, 0) is 111 Å². The average Bonchev–Trinajstić information content (AvgIpc) is 3.74. The van der Waals surface area contributed by atoms with Crippen molar-refractivity contribution in [2.24, 2.45) is 13.0 Å². The molecular weight excluding hydrogens is 743 g/mol. The third-order valence-corrected chi connectivity index (χ3v) is 12.7. The first kappa shape index (κ1) is 39.3. The zero-order chi connectivity index (χ0) is 40.8. The number of aryl methyl sites for hydroxylation is 1. The smallest absolute Gasteiger partial charge is 0.317 e. The molecule has 3 aromatic rings. The molecule has 15 nitrogen and oxygen atoms in total. The van der Waals surface area contributed by atoms with E-state index in [0.717, 1.165) is 95.1 Å². The average molecular weight is 794 g/mol. The number of nitrogens with zero attached hydrogens (tertiary/aromatic N) is 5. The second kappa shape index (κ2) is 16.0. The molecule has 5 aliphatic heterocycles. The van der Waals surface area contributed by atoms with Gasteiger partial charge >= 0.3 is 6.03 Å². The lowest BCUT2D eigenvalue weighted by Gasteiger charge is -2.33. The lowest BCUT2D eigenvalue weighted by atomic mass is 9.91. The zero-order valence-corrected chi connectivity index (χ0v) is 33.7. The van der Waals surface area contributed by atoms with Crippen LogP contribution in [0.3, 0.4) is 0 Å². The second-order valence-electron chi connectivity index (χ2n) is 16.2. The monoisotopic (exact) mass is 793 g/mol. The molecule has 8 rings (SSSR count). The number of rotatable bonds is 10. The molecule has 0 saturated carbocycles. The molecule has 2 saturated heterocycles. The largest absolute Gasteiger partial charge is 0.496 e. The van der Waals surface area contributed by atoms with Crippen molar-refractivity contribution in [2.45, 2.75) is 77.2 Å². The van der Waals surface area contributed by atoms with E-state index in [-0.39, 0.29) is 36.9 Å². The van der Waals surface area contributed by atoms with Gasteiger partial charge in [-0.2, -0.15) is 0 Å². The number of hydrogen-bond acceptors (Lipinski definition) is 10. The maximum atomic E-state index is 13.3. The fourth-order valence-electron chi connectivity index (χ4n) is 9.53. The van der Waals surface area contributed by atoms with Gasteiger partial charge in [-0.3, -0.25) is 44.0 Å². The summed E-state index contributed by atoms with van der Waals surface area (Å²) >= 11 is 0. The van der Waals surface area contributed by atoms with Crippen LogP contribution in [0.4, 0.5) is 4.79 Å². The Kier molecular flexibility index (Phi) is 10.8. The summed E-state index contributed by atoms with van der Waals surface area (Å²) in [4.78, 5) is 83.8. The number of carbonyl (C=O) groups excluding carboxylic acids is 5. The highest BCUT2D eigenvalue weighted by atomic mass is 16.5. The van der Waals surface area contributed by atoms with Gasteiger partial charge in [0.05, 0.1) is 37.5 Å². The van der Waals surface area contributed by atoms with E-state index in [1.54, 1.807) is 37.8 Å². The first-order chi connectivity index (χ1) is 28.0. The fourth-order valence-corrected chi connectivity index (χ4v) is 9.53. The number of ether oxygens (including phenoxy) is 2. The Morgan fingerprint density at radius 3 is 2.07 bits per heavy atom. The first-order valence-corrected chi connectivity index (χ1v) is 20.2. The van der Waals surface area contributed by atoms with Crippen LogP contribution in [0.15, 0.2) is 35.3 Å². The van der Waals surface area contributed by atoms with Gasteiger partial charge in [-0.25, -0.2) is 4.79 Å². The number of fused-ring (bicyclic) bond motifs is 3. The van der Waals surface area contributed by atoms with E-state index >= 15 is 0 Å². The molecule has 6 amide bonds. The van der Waals surface area contributed by atoms with Crippen LogP contribution in [0.2, 0.25) is 0 Å². The number of benzene rings is 2. The molecule has 0 unspecified atom stereocenters. The van der Waals surface area contributed by atoms with Crippen molar-refractivity contribution >= 4 is 29.7 Å². The molecular formula is C43H51N7O8. The van der Waals surface area contributed by atoms with Crippen molar-refractivity contribution in [3.63, 3.8) is 0 Å². The van der Waals surface area contributed by atoms with E-state index in [1.165, 1.54) is 0 Å². The molecule has 2 aromatic carbocycles. The van der Waals surface area contributed by atoms with Crippen LogP contribution in [-0.4, -0.2) is 107 Å². The predicted molar refractivity (Wildman–Crippen MR) is 213 cm³/mol. The maximum Gasteiger partial charge on any atom is 0.317 e. The fraction of sp³-hybridized carbons (Fsp3) is 0.488. The van der Waals surface area contributed by atoms with Crippen LogP contribution in [0.25, 0.3) is 11.1 Å². The molecule has 58 heavy (non-hydrogen) atoms. The topological polar surface area (TPSA) is 163 Å². The van der Waals surface area contributed by atoms with Gasteiger partial charge in [-0.1, -0.05) is 0 Å². The third-order valence-electron chi connectivity index (χ3n) is 12.7. The molecule has 0 aliphatic carbocycles. The van der Waals surface area contributed by atoms with Crippen LogP contribution in [-0.2, 0) is 49.2 Å². The molecule has 1 aromatic heterocycles. The molecule has 2 fully saturated rings. The van der Waals surface area contributed by atoms with Gasteiger partial charge in [0.15, 0.2) is 0 Å². The summed E-state index contributed by atoms with van der Waals surface area (Å²) < 4.78 is 13.5. The minimum Gasteiger partial charge on any atom is -0.496 e. The minimum absolute atomic E-state index is 0.0980. The Morgan fingerprint density at radius 2 is 1.47 bits per heavy atom. The van der Waals surface area contributed by atoms with Crippen molar-refractivity contribution in [2.75, 3.05) is 47.4 Å². The highest BCUT2D eigenvalue weighted by molar-refractivity contribution is 6.23. The molecule has 0 spiro atoms. The molecule has 6 heterocycles. The van der Waals surface area contributed by atoms with Gasteiger partial charge in [0.1, 0.15) is 17.5 Å². The van der Waals surface area contributed by atoms with Gasteiger partial charge in [-0.15, -0.1) is 0 Å². The normalized spacial score (nSPS) is 19.9. The zero-order valence-electron chi connectivity index (χ0n) is 33.7.